The van der Waals surface area contributed by atoms with Crippen molar-refractivity contribution < 1.29 is 23.0 Å². The fourth-order valence-electron chi connectivity index (χ4n) is 2.15. The van der Waals surface area contributed by atoms with Crippen LogP contribution in [0.5, 0.6) is 5.75 Å². The Hall–Kier alpha value is -1.73. The van der Waals surface area contributed by atoms with Crippen LogP contribution in [0.3, 0.4) is 0 Å². The van der Waals surface area contributed by atoms with Crippen LogP contribution >= 0.6 is 0 Å². The number of nitrogens with zero attached hydrogens (tertiary/aromatic N) is 2. The van der Waals surface area contributed by atoms with Crippen molar-refractivity contribution in [1.29, 1.82) is 0 Å². The number of hydrogen-bond donors (Lipinski definition) is 1. The lowest BCUT2D eigenvalue weighted by atomic mass is 10.2. The molecule has 116 valence electrons. The molecule has 0 saturated heterocycles. The predicted molar refractivity (Wildman–Crippen MR) is 71.1 cm³/mol. The lowest BCUT2D eigenvalue weighted by molar-refractivity contribution is -0.274. The number of benzene rings is 1. The fourth-order valence-corrected chi connectivity index (χ4v) is 2.15. The molecule has 0 spiro atoms. The van der Waals surface area contributed by atoms with Gasteiger partial charge in [-0.2, -0.15) is 0 Å². The molecule has 1 heterocycles. The van der Waals surface area contributed by atoms with Crippen molar-refractivity contribution in [2.45, 2.75) is 19.3 Å². The first-order valence-corrected chi connectivity index (χ1v) is 6.61. The van der Waals surface area contributed by atoms with Crippen molar-refractivity contribution in [2.24, 2.45) is 0 Å². The summed E-state index contributed by atoms with van der Waals surface area (Å²) in [5.74, 6) is -0.214. The topological polar surface area (TPSA) is 35.9 Å². The van der Waals surface area contributed by atoms with Gasteiger partial charge in [-0.05, 0) is 24.1 Å². The molecule has 0 radical (unpaired) electrons. The lowest BCUT2D eigenvalue weighted by Crippen LogP contribution is -2.35. The zero-order chi connectivity index (χ0) is 15.3. The number of alkyl halides is 3. The van der Waals surface area contributed by atoms with Crippen LogP contribution in [0.15, 0.2) is 36.5 Å². The Morgan fingerprint density at radius 2 is 2.10 bits per heavy atom. The Morgan fingerprint density at radius 3 is 2.81 bits per heavy atom. The Bertz CT molecular complexity index is 491. The van der Waals surface area contributed by atoms with E-state index in [1.165, 1.54) is 18.2 Å². The van der Waals surface area contributed by atoms with Crippen LogP contribution < -0.4 is 4.74 Å². The lowest BCUT2D eigenvalue weighted by Gasteiger charge is -2.29. The molecule has 0 fully saturated rings. The molecular weight excluding hydrogens is 285 g/mol. The number of rotatable bonds is 6. The second-order valence-electron chi connectivity index (χ2n) is 4.67. The quantitative estimate of drug-likeness (QED) is 0.876. The van der Waals surface area contributed by atoms with Crippen molar-refractivity contribution in [2.75, 3.05) is 19.7 Å². The molecule has 2 rings (SSSR count). The summed E-state index contributed by atoms with van der Waals surface area (Å²) in [5.41, 5.74) is 0.731. The van der Waals surface area contributed by atoms with Gasteiger partial charge in [-0.1, -0.05) is 18.2 Å². The fraction of sp³-hybridized carbons (Fsp3) is 0.429. The van der Waals surface area contributed by atoms with Crippen molar-refractivity contribution >= 4 is 0 Å². The van der Waals surface area contributed by atoms with E-state index in [2.05, 4.69) is 4.74 Å². The summed E-state index contributed by atoms with van der Waals surface area (Å²) in [7, 11) is 0. The third kappa shape index (κ3) is 4.95. The van der Waals surface area contributed by atoms with Crippen LogP contribution in [0.25, 0.3) is 0 Å². The Labute approximate surface area is 121 Å². The minimum Gasteiger partial charge on any atom is -0.406 e. The predicted octanol–water partition coefficient (Wildman–Crippen LogP) is 2.51. The molecule has 7 heteroatoms. The first-order valence-electron chi connectivity index (χ1n) is 6.61. The zero-order valence-corrected chi connectivity index (χ0v) is 11.4. The number of halogens is 3. The van der Waals surface area contributed by atoms with E-state index in [9.17, 15) is 13.2 Å². The second kappa shape index (κ2) is 6.82. The molecule has 0 amide bonds. The van der Waals surface area contributed by atoms with Gasteiger partial charge < -0.3 is 14.9 Å². The van der Waals surface area contributed by atoms with E-state index in [0.29, 0.717) is 26.1 Å². The van der Waals surface area contributed by atoms with Gasteiger partial charge in [-0.3, -0.25) is 0 Å². The summed E-state index contributed by atoms with van der Waals surface area (Å²) in [6, 6.07) is 5.96. The van der Waals surface area contributed by atoms with Crippen molar-refractivity contribution in [3.8, 4) is 5.75 Å². The first-order chi connectivity index (χ1) is 9.98. The molecule has 21 heavy (non-hydrogen) atoms. The highest BCUT2D eigenvalue weighted by molar-refractivity contribution is 5.28. The molecule has 0 bridgehead atoms. The smallest absolute Gasteiger partial charge is 0.406 e. The van der Waals surface area contributed by atoms with Crippen LogP contribution in [-0.2, 0) is 6.54 Å². The number of aliphatic hydroxyl groups is 1. The molecule has 4 nitrogen and oxygen atoms in total. The van der Waals surface area contributed by atoms with Crippen molar-refractivity contribution in [3.63, 3.8) is 0 Å². The maximum absolute atomic E-state index is 12.2. The molecule has 0 unspecified atom stereocenters. The van der Waals surface area contributed by atoms with Gasteiger partial charge in [0.05, 0.1) is 0 Å². The summed E-state index contributed by atoms with van der Waals surface area (Å²) in [5, 5.41) is 12.8. The SMILES string of the molecule is OCCCN1C=CCN1Cc1cccc(OC(F)(F)F)c1. The van der Waals surface area contributed by atoms with Gasteiger partial charge in [0, 0.05) is 32.4 Å². The van der Waals surface area contributed by atoms with E-state index >= 15 is 0 Å². The molecule has 1 aliphatic rings. The third-order valence-corrected chi connectivity index (χ3v) is 3.00. The minimum atomic E-state index is -4.68. The Morgan fingerprint density at radius 1 is 1.29 bits per heavy atom. The summed E-state index contributed by atoms with van der Waals surface area (Å²) >= 11 is 0. The molecule has 0 aliphatic carbocycles. The molecule has 0 aromatic heterocycles. The third-order valence-electron chi connectivity index (χ3n) is 3.00. The molecule has 1 N–H and O–H groups in total. The normalized spacial score (nSPS) is 15.7. The average Bonchev–Trinajstić information content (AvgIpc) is 2.82. The molecule has 1 aliphatic heterocycles. The summed E-state index contributed by atoms with van der Waals surface area (Å²) in [6.07, 6.45) is -0.168. The zero-order valence-electron chi connectivity index (χ0n) is 11.4. The van der Waals surface area contributed by atoms with E-state index in [1.807, 2.05) is 22.3 Å². The summed E-state index contributed by atoms with van der Waals surface area (Å²) in [6.45, 7) is 1.95. The number of aliphatic hydroxyl groups excluding tert-OH is 1. The standard InChI is InChI=1S/C14H17F3N2O2/c15-14(16,17)21-13-5-1-4-12(10-13)11-19-7-2-6-18(19)8-3-9-20/h1-2,4-6,10,20H,3,7-9,11H2. The average molecular weight is 302 g/mol. The summed E-state index contributed by atoms with van der Waals surface area (Å²) < 4.78 is 40.5. The van der Waals surface area contributed by atoms with Gasteiger partial charge in [0.25, 0.3) is 0 Å². The highest BCUT2D eigenvalue weighted by Gasteiger charge is 2.31. The largest absolute Gasteiger partial charge is 0.573 e. The van der Waals surface area contributed by atoms with E-state index in [1.54, 1.807) is 6.07 Å². The Balaban J connectivity index is 1.98. The van der Waals surface area contributed by atoms with Crippen LogP contribution in [0.1, 0.15) is 12.0 Å². The van der Waals surface area contributed by atoms with Gasteiger partial charge in [0.1, 0.15) is 5.75 Å². The number of ether oxygens (including phenoxy) is 1. The van der Waals surface area contributed by atoms with Crippen LogP contribution in [-0.4, -0.2) is 41.2 Å². The minimum absolute atomic E-state index is 0.104. The van der Waals surface area contributed by atoms with Gasteiger partial charge >= 0.3 is 6.36 Å². The van der Waals surface area contributed by atoms with Crippen LogP contribution in [0.4, 0.5) is 13.2 Å². The molecular formula is C14H17F3N2O2. The van der Waals surface area contributed by atoms with Gasteiger partial charge in [-0.15, -0.1) is 13.2 Å². The van der Waals surface area contributed by atoms with Gasteiger partial charge in [-0.25, -0.2) is 5.01 Å². The Kier molecular flexibility index (Phi) is 5.08. The number of hydrazine groups is 1. The van der Waals surface area contributed by atoms with E-state index in [-0.39, 0.29) is 12.4 Å². The van der Waals surface area contributed by atoms with Crippen LogP contribution in [0.2, 0.25) is 0 Å². The second-order valence-corrected chi connectivity index (χ2v) is 4.67. The monoisotopic (exact) mass is 302 g/mol. The molecule has 0 atom stereocenters. The maximum Gasteiger partial charge on any atom is 0.573 e. The maximum atomic E-state index is 12.2. The van der Waals surface area contributed by atoms with E-state index < -0.39 is 6.36 Å². The summed E-state index contributed by atoms with van der Waals surface area (Å²) in [4.78, 5) is 0. The van der Waals surface area contributed by atoms with Gasteiger partial charge in [0.15, 0.2) is 0 Å². The highest BCUT2D eigenvalue weighted by Crippen LogP contribution is 2.24. The van der Waals surface area contributed by atoms with Crippen LogP contribution in [0, 0.1) is 0 Å². The van der Waals surface area contributed by atoms with Crippen molar-refractivity contribution in [3.05, 3.63) is 42.1 Å². The first kappa shape index (κ1) is 15.7. The van der Waals surface area contributed by atoms with Gasteiger partial charge in [0.2, 0.25) is 0 Å². The number of hydrogen-bond acceptors (Lipinski definition) is 4. The highest BCUT2D eigenvalue weighted by atomic mass is 19.4. The molecule has 0 saturated carbocycles. The molecule has 1 aromatic carbocycles. The van der Waals surface area contributed by atoms with Crippen molar-refractivity contribution in [1.82, 2.24) is 10.0 Å². The van der Waals surface area contributed by atoms with E-state index in [0.717, 1.165) is 5.56 Å². The molecule has 1 aromatic rings. The van der Waals surface area contributed by atoms with E-state index in [4.69, 9.17) is 5.11 Å².